The molecule has 32 heavy (non-hydrogen) atoms. The Labute approximate surface area is 196 Å². The van der Waals surface area contributed by atoms with Gasteiger partial charge in [-0.2, -0.15) is 0 Å². The first kappa shape index (κ1) is 23.9. The van der Waals surface area contributed by atoms with E-state index in [2.05, 4.69) is 32.0 Å². The van der Waals surface area contributed by atoms with Gasteiger partial charge in [0.2, 0.25) is 5.91 Å². The van der Waals surface area contributed by atoms with Crippen molar-refractivity contribution in [2.45, 2.75) is 97.5 Å². The Morgan fingerprint density at radius 2 is 1.88 bits per heavy atom. The van der Waals surface area contributed by atoms with E-state index in [-0.39, 0.29) is 12.0 Å². The fourth-order valence-corrected chi connectivity index (χ4v) is 9.16. The molecule has 0 aromatic heterocycles. The van der Waals surface area contributed by atoms with Gasteiger partial charge in [-0.05, 0) is 123 Å². The van der Waals surface area contributed by atoms with Gasteiger partial charge in [-0.3, -0.25) is 4.79 Å². The Hall–Kier alpha value is -1.27. The average molecular weight is 440 g/mol. The molecule has 4 fully saturated rings. The molecule has 178 valence electrons. The molecule has 3 heteroatoms. The molecule has 1 amide bonds. The number of amides is 1. The number of aliphatic hydroxyl groups excluding tert-OH is 1. The lowest BCUT2D eigenvalue weighted by atomic mass is 9.44. The molecule has 0 saturated heterocycles. The highest BCUT2D eigenvalue weighted by atomic mass is 16.3. The summed E-state index contributed by atoms with van der Waals surface area (Å²) in [5.41, 5.74) is 0.962. The van der Waals surface area contributed by atoms with Crippen LogP contribution in [0.15, 0.2) is 12.2 Å². The summed E-state index contributed by atoms with van der Waals surface area (Å²) in [4.78, 5) is 11.7. The quantitative estimate of drug-likeness (QED) is 0.410. The van der Waals surface area contributed by atoms with Crippen molar-refractivity contribution in [3.05, 3.63) is 12.2 Å². The summed E-state index contributed by atoms with van der Waals surface area (Å²) in [6.07, 6.45) is 22.6. The second-order valence-electron chi connectivity index (χ2n) is 12.2. The summed E-state index contributed by atoms with van der Waals surface area (Å²) in [6.45, 7) is 7.97. The molecule has 0 aromatic carbocycles. The lowest BCUT2D eigenvalue weighted by Gasteiger charge is -2.61. The minimum atomic E-state index is -0.0823. The van der Waals surface area contributed by atoms with E-state index >= 15 is 0 Å². The smallest absolute Gasteiger partial charge is 0.244 e. The van der Waals surface area contributed by atoms with E-state index in [1.54, 1.807) is 6.08 Å². The van der Waals surface area contributed by atoms with Gasteiger partial charge < -0.3 is 10.4 Å². The number of hydrogen-bond acceptors (Lipinski definition) is 2. The van der Waals surface area contributed by atoms with Crippen LogP contribution in [0.1, 0.15) is 91.4 Å². The van der Waals surface area contributed by atoms with Crippen LogP contribution in [0.2, 0.25) is 0 Å². The summed E-state index contributed by atoms with van der Waals surface area (Å²) >= 11 is 0. The molecule has 0 spiro atoms. The highest BCUT2D eigenvalue weighted by Gasteiger charge is 2.60. The fourth-order valence-electron chi connectivity index (χ4n) is 9.16. The van der Waals surface area contributed by atoms with E-state index < -0.39 is 0 Å². The van der Waals surface area contributed by atoms with Crippen LogP contribution in [0, 0.1) is 58.7 Å². The lowest BCUT2D eigenvalue weighted by Crippen LogP contribution is -2.54. The van der Waals surface area contributed by atoms with Crippen molar-refractivity contribution in [2.24, 2.45) is 46.3 Å². The van der Waals surface area contributed by atoms with Crippen LogP contribution in [-0.2, 0) is 4.79 Å². The zero-order valence-electron chi connectivity index (χ0n) is 20.6. The molecule has 4 rings (SSSR count). The molecule has 4 saturated carbocycles. The number of carbonyl (C=O) groups is 1. The van der Waals surface area contributed by atoms with E-state index in [1.807, 2.05) is 6.08 Å². The zero-order valence-corrected chi connectivity index (χ0v) is 20.6. The van der Waals surface area contributed by atoms with Gasteiger partial charge in [-0.25, -0.2) is 0 Å². The SMILES string of the molecule is C#CCNC(=O)/C=C/CC[C@@H](C)[C@H]1CC[C@H]2[C@@H]3CC[C@@H]4C[C@H](O)CC[C@]4(C)[C@H]3CC[C@]12C. The minimum absolute atomic E-state index is 0.0485. The number of nitrogens with one attached hydrogen (secondary N) is 1. The predicted octanol–water partition coefficient (Wildman–Crippen LogP) is 5.73. The maximum atomic E-state index is 11.7. The van der Waals surface area contributed by atoms with E-state index in [0.717, 1.165) is 55.3 Å². The monoisotopic (exact) mass is 439 g/mol. The molecule has 0 heterocycles. The van der Waals surface area contributed by atoms with Crippen LogP contribution in [0.3, 0.4) is 0 Å². The van der Waals surface area contributed by atoms with Gasteiger partial charge in [0.25, 0.3) is 0 Å². The number of allylic oxidation sites excluding steroid dienone is 1. The first-order valence-corrected chi connectivity index (χ1v) is 13.4. The van der Waals surface area contributed by atoms with Gasteiger partial charge >= 0.3 is 0 Å². The number of fused-ring (bicyclic) bond motifs is 5. The van der Waals surface area contributed by atoms with Crippen molar-refractivity contribution < 1.29 is 9.90 Å². The number of rotatable bonds is 6. The van der Waals surface area contributed by atoms with Crippen molar-refractivity contribution in [3.8, 4) is 12.3 Å². The number of carbonyl (C=O) groups excluding carboxylic acids is 1. The normalized spacial score (nSPS) is 44.2. The van der Waals surface area contributed by atoms with Gasteiger partial charge in [0.1, 0.15) is 0 Å². The van der Waals surface area contributed by atoms with Crippen LogP contribution >= 0.6 is 0 Å². The molecule has 3 nitrogen and oxygen atoms in total. The van der Waals surface area contributed by atoms with Crippen LogP contribution in [0.25, 0.3) is 0 Å². The van der Waals surface area contributed by atoms with Crippen molar-refractivity contribution in [1.82, 2.24) is 5.32 Å². The molecule has 4 aliphatic carbocycles. The standard InChI is InChI=1S/C29H45NO2/c1-5-18-30-27(32)9-7-6-8-20(2)24-12-13-25-23-11-10-21-19-22(31)14-16-28(21,3)26(23)15-17-29(24,25)4/h1,7,9,20-26,31H,6,8,10-19H2,2-4H3,(H,30,32)/b9-7+/t20-,21-,22-,23+,24-,25+,26+,28+,29-/m1/s1. The first-order chi connectivity index (χ1) is 15.3. The third kappa shape index (κ3) is 4.29. The van der Waals surface area contributed by atoms with Gasteiger partial charge in [0.15, 0.2) is 0 Å². The highest BCUT2D eigenvalue weighted by Crippen LogP contribution is 2.68. The molecule has 0 unspecified atom stereocenters. The van der Waals surface area contributed by atoms with Crippen LogP contribution in [0.4, 0.5) is 0 Å². The van der Waals surface area contributed by atoms with Crippen molar-refractivity contribution >= 4 is 5.91 Å². The van der Waals surface area contributed by atoms with Gasteiger partial charge in [0, 0.05) is 0 Å². The lowest BCUT2D eigenvalue weighted by molar-refractivity contribution is -0.129. The highest BCUT2D eigenvalue weighted by molar-refractivity contribution is 5.87. The molecule has 2 N–H and O–H groups in total. The van der Waals surface area contributed by atoms with Crippen LogP contribution in [0.5, 0.6) is 0 Å². The first-order valence-electron chi connectivity index (χ1n) is 13.4. The Morgan fingerprint density at radius 1 is 1.12 bits per heavy atom. The maximum absolute atomic E-state index is 11.7. The predicted molar refractivity (Wildman–Crippen MR) is 131 cm³/mol. The zero-order chi connectivity index (χ0) is 22.9. The molecule has 0 bridgehead atoms. The average Bonchev–Trinajstić information content (AvgIpc) is 3.13. The summed E-state index contributed by atoms with van der Waals surface area (Å²) in [5.74, 6) is 7.30. The van der Waals surface area contributed by atoms with Gasteiger partial charge in [0.05, 0.1) is 12.6 Å². The number of hydrogen-bond donors (Lipinski definition) is 2. The molecule has 0 aromatic rings. The molecule has 0 aliphatic heterocycles. The number of terminal acetylenes is 1. The van der Waals surface area contributed by atoms with Crippen molar-refractivity contribution in [2.75, 3.05) is 6.54 Å². The van der Waals surface area contributed by atoms with E-state index in [1.165, 1.54) is 44.9 Å². The second kappa shape index (κ2) is 9.54. The van der Waals surface area contributed by atoms with Gasteiger partial charge in [-0.15, -0.1) is 6.42 Å². The fraction of sp³-hybridized carbons (Fsp3) is 0.828. The Kier molecular flexibility index (Phi) is 7.11. The Bertz CT molecular complexity index is 753. The van der Waals surface area contributed by atoms with Crippen molar-refractivity contribution in [1.29, 1.82) is 0 Å². The summed E-state index contributed by atoms with van der Waals surface area (Å²) in [7, 11) is 0. The third-order valence-corrected chi connectivity index (χ3v) is 10.8. The van der Waals surface area contributed by atoms with Crippen LogP contribution in [-0.4, -0.2) is 23.7 Å². The molecular formula is C29H45NO2. The molecule has 9 atom stereocenters. The molecule has 4 aliphatic rings. The Morgan fingerprint density at radius 3 is 2.66 bits per heavy atom. The maximum Gasteiger partial charge on any atom is 0.244 e. The second-order valence-corrected chi connectivity index (χ2v) is 12.2. The van der Waals surface area contributed by atoms with Gasteiger partial charge in [-0.1, -0.05) is 32.8 Å². The molecular weight excluding hydrogens is 394 g/mol. The molecule has 0 radical (unpaired) electrons. The number of aliphatic hydroxyl groups is 1. The Balaban J connectivity index is 1.37. The van der Waals surface area contributed by atoms with E-state index in [0.29, 0.717) is 23.3 Å². The van der Waals surface area contributed by atoms with E-state index in [4.69, 9.17) is 6.42 Å². The summed E-state index contributed by atoms with van der Waals surface area (Å²) in [6, 6.07) is 0. The summed E-state index contributed by atoms with van der Waals surface area (Å²) < 4.78 is 0. The minimum Gasteiger partial charge on any atom is -0.393 e. The van der Waals surface area contributed by atoms with E-state index in [9.17, 15) is 9.90 Å². The third-order valence-electron chi connectivity index (χ3n) is 10.8. The topological polar surface area (TPSA) is 49.3 Å². The van der Waals surface area contributed by atoms with Crippen molar-refractivity contribution in [3.63, 3.8) is 0 Å². The largest absolute Gasteiger partial charge is 0.393 e. The van der Waals surface area contributed by atoms with Crippen LogP contribution < -0.4 is 5.32 Å². The summed E-state index contributed by atoms with van der Waals surface area (Å²) in [5, 5.41) is 13.0.